The van der Waals surface area contributed by atoms with E-state index in [0.29, 0.717) is 31.5 Å². The molecule has 0 spiro atoms. The Balaban J connectivity index is 1.97. The van der Waals surface area contributed by atoms with Crippen LogP contribution in [0.1, 0.15) is 25.8 Å². The van der Waals surface area contributed by atoms with Crippen molar-refractivity contribution >= 4 is 17.5 Å². The molecule has 120 valence electrons. The fourth-order valence-electron chi connectivity index (χ4n) is 2.61. The molecule has 2 amide bonds. The molecule has 1 aliphatic heterocycles. The molecule has 6 heteroatoms. The monoisotopic (exact) mass is 308 g/mol. The van der Waals surface area contributed by atoms with Gasteiger partial charge in [-0.05, 0) is 37.5 Å². The van der Waals surface area contributed by atoms with Crippen molar-refractivity contribution in [3.63, 3.8) is 0 Å². The SMILES string of the molecule is CCc1ccc(NC(=O)C(=O)N2CCC(C(C)O)C2)cc1F. The third-order valence-corrected chi connectivity index (χ3v) is 4.08. The van der Waals surface area contributed by atoms with Gasteiger partial charge in [-0.2, -0.15) is 0 Å². The van der Waals surface area contributed by atoms with Gasteiger partial charge in [-0.3, -0.25) is 9.59 Å². The van der Waals surface area contributed by atoms with Crippen LogP contribution in [0.5, 0.6) is 0 Å². The molecule has 0 aromatic heterocycles. The van der Waals surface area contributed by atoms with Gasteiger partial charge in [0.1, 0.15) is 5.82 Å². The van der Waals surface area contributed by atoms with E-state index in [9.17, 15) is 19.1 Å². The van der Waals surface area contributed by atoms with Crippen molar-refractivity contribution in [2.45, 2.75) is 32.8 Å². The number of aliphatic hydroxyl groups is 1. The second kappa shape index (κ2) is 6.87. The maximum absolute atomic E-state index is 13.7. The van der Waals surface area contributed by atoms with E-state index in [1.54, 1.807) is 19.1 Å². The quantitative estimate of drug-likeness (QED) is 0.833. The Labute approximate surface area is 129 Å². The summed E-state index contributed by atoms with van der Waals surface area (Å²) < 4.78 is 13.7. The van der Waals surface area contributed by atoms with Gasteiger partial charge in [0.15, 0.2) is 0 Å². The lowest BCUT2D eigenvalue weighted by molar-refractivity contribution is -0.142. The molecule has 0 bridgehead atoms. The molecule has 5 nitrogen and oxygen atoms in total. The van der Waals surface area contributed by atoms with E-state index in [1.165, 1.54) is 11.0 Å². The fourth-order valence-corrected chi connectivity index (χ4v) is 2.61. The van der Waals surface area contributed by atoms with Gasteiger partial charge in [-0.1, -0.05) is 13.0 Å². The minimum Gasteiger partial charge on any atom is -0.393 e. The average molecular weight is 308 g/mol. The average Bonchev–Trinajstić information content (AvgIpc) is 2.96. The highest BCUT2D eigenvalue weighted by molar-refractivity contribution is 6.39. The van der Waals surface area contributed by atoms with Crippen LogP contribution in [0.4, 0.5) is 10.1 Å². The van der Waals surface area contributed by atoms with Gasteiger partial charge in [0.25, 0.3) is 0 Å². The predicted octanol–water partition coefficient (Wildman–Crippen LogP) is 1.56. The molecule has 22 heavy (non-hydrogen) atoms. The Kier molecular flexibility index (Phi) is 5.13. The van der Waals surface area contributed by atoms with Crippen LogP contribution in [0, 0.1) is 11.7 Å². The number of nitrogens with zero attached hydrogens (tertiary/aromatic N) is 1. The molecule has 1 heterocycles. The van der Waals surface area contributed by atoms with Crippen molar-refractivity contribution in [3.8, 4) is 0 Å². The van der Waals surface area contributed by atoms with Crippen LogP contribution in [0.3, 0.4) is 0 Å². The second-order valence-corrected chi connectivity index (χ2v) is 5.65. The standard InChI is InChI=1S/C16H21FN2O3/c1-3-11-4-5-13(8-14(11)17)18-15(21)16(22)19-7-6-12(9-19)10(2)20/h4-5,8,10,12,20H,3,6-7,9H2,1-2H3,(H,18,21). The third-order valence-electron chi connectivity index (χ3n) is 4.08. The summed E-state index contributed by atoms with van der Waals surface area (Å²) in [6, 6.07) is 4.39. The molecule has 1 saturated heterocycles. The first kappa shape index (κ1) is 16.4. The van der Waals surface area contributed by atoms with Crippen molar-refractivity contribution in [2.24, 2.45) is 5.92 Å². The van der Waals surface area contributed by atoms with Gasteiger partial charge in [0.05, 0.1) is 6.10 Å². The highest BCUT2D eigenvalue weighted by Crippen LogP contribution is 2.20. The number of rotatable bonds is 3. The first-order valence-corrected chi connectivity index (χ1v) is 7.49. The smallest absolute Gasteiger partial charge is 0.313 e. The minimum absolute atomic E-state index is 0.00182. The number of carbonyl (C=O) groups is 2. The van der Waals surface area contributed by atoms with Crippen LogP contribution in [0.2, 0.25) is 0 Å². The molecule has 2 N–H and O–H groups in total. The summed E-state index contributed by atoms with van der Waals surface area (Å²) in [5, 5.41) is 11.9. The number of aryl methyl sites for hydroxylation is 1. The molecule has 1 fully saturated rings. The summed E-state index contributed by atoms with van der Waals surface area (Å²) in [4.78, 5) is 25.4. The first-order chi connectivity index (χ1) is 10.4. The number of likely N-dealkylation sites (tertiary alicyclic amines) is 1. The van der Waals surface area contributed by atoms with E-state index in [1.807, 2.05) is 6.92 Å². The topological polar surface area (TPSA) is 69.6 Å². The fraction of sp³-hybridized carbons (Fsp3) is 0.500. The van der Waals surface area contributed by atoms with Crippen molar-refractivity contribution in [1.82, 2.24) is 4.90 Å². The van der Waals surface area contributed by atoms with Crippen molar-refractivity contribution in [1.29, 1.82) is 0 Å². The lowest BCUT2D eigenvalue weighted by atomic mass is 10.0. The summed E-state index contributed by atoms with van der Waals surface area (Å²) in [6.07, 6.45) is 0.737. The van der Waals surface area contributed by atoms with Gasteiger partial charge in [0.2, 0.25) is 0 Å². The van der Waals surface area contributed by atoms with E-state index in [2.05, 4.69) is 5.32 Å². The van der Waals surface area contributed by atoms with Crippen molar-refractivity contribution in [3.05, 3.63) is 29.6 Å². The molecule has 1 aliphatic rings. The molecular weight excluding hydrogens is 287 g/mol. The number of hydrogen-bond donors (Lipinski definition) is 2. The summed E-state index contributed by atoms with van der Waals surface area (Å²) >= 11 is 0. The number of hydrogen-bond acceptors (Lipinski definition) is 3. The Morgan fingerprint density at radius 3 is 2.77 bits per heavy atom. The summed E-state index contributed by atoms with van der Waals surface area (Å²) in [7, 11) is 0. The van der Waals surface area contributed by atoms with Crippen LogP contribution in [-0.2, 0) is 16.0 Å². The number of carbonyl (C=O) groups excluding carboxylic acids is 2. The maximum atomic E-state index is 13.7. The molecule has 2 atom stereocenters. The lowest BCUT2D eigenvalue weighted by Crippen LogP contribution is -2.38. The number of nitrogens with one attached hydrogen (secondary N) is 1. The second-order valence-electron chi connectivity index (χ2n) is 5.65. The molecule has 2 rings (SSSR count). The van der Waals surface area contributed by atoms with Gasteiger partial charge >= 0.3 is 11.8 Å². The Bertz CT molecular complexity index is 575. The number of amides is 2. The maximum Gasteiger partial charge on any atom is 0.313 e. The highest BCUT2D eigenvalue weighted by Gasteiger charge is 2.32. The van der Waals surface area contributed by atoms with Crippen LogP contribution in [-0.4, -0.2) is 41.0 Å². The molecule has 2 unspecified atom stereocenters. The predicted molar refractivity (Wildman–Crippen MR) is 80.8 cm³/mol. The van der Waals surface area contributed by atoms with E-state index in [4.69, 9.17) is 0 Å². The van der Waals surface area contributed by atoms with E-state index in [0.717, 1.165) is 0 Å². The zero-order valence-electron chi connectivity index (χ0n) is 12.8. The summed E-state index contributed by atoms with van der Waals surface area (Å²) in [5.74, 6) is -1.83. The van der Waals surface area contributed by atoms with Crippen molar-refractivity contribution in [2.75, 3.05) is 18.4 Å². The molecule has 0 aliphatic carbocycles. The van der Waals surface area contributed by atoms with Crippen LogP contribution < -0.4 is 5.32 Å². The highest BCUT2D eigenvalue weighted by atomic mass is 19.1. The number of halogens is 1. The van der Waals surface area contributed by atoms with Gasteiger partial charge in [-0.25, -0.2) is 4.39 Å². The summed E-state index contributed by atoms with van der Waals surface area (Å²) in [5.41, 5.74) is 0.822. The van der Waals surface area contributed by atoms with Crippen LogP contribution in [0.25, 0.3) is 0 Å². The number of benzene rings is 1. The van der Waals surface area contributed by atoms with Crippen LogP contribution >= 0.6 is 0 Å². The largest absolute Gasteiger partial charge is 0.393 e. The third kappa shape index (κ3) is 3.62. The van der Waals surface area contributed by atoms with Gasteiger partial charge < -0.3 is 15.3 Å². The first-order valence-electron chi connectivity index (χ1n) is 7.49. The van der Waals surface area contributed by atoms with E-state index >= 15 is 0 Å². The molecule has 0 saturated carbocycles. The molecule has 1 aromatic rings. The molecule has 1 aromatic carbocycles. The number of anilines is 1. The molecular formula is C16H21FN2O3. The Hall–Kier alpha value is -1.95. The number of aliphatic hydroxyl groups excluding tert-OH is 1. The zero-order valence-corrected chi connectivity index (χ0v) is 12.8. The Morgan fingerprint density at radius 1 is 1.50 bits per heavy atom. The zero-order chi connectivity index (χ0) is 16.3. The summed E-state index contributed by atoms with van der Waals surface area (Å²) in [6.45, 7) is 4.33. The normalized spacial score (nSPS) is 19.1. The van der Waals surface area contributed by atoms with Gasteiger partial charge in [0, 0.05) is 24.7 Å². The van der Waals surface area contributed by atoms with Gasteiger partial charge in [-0.15, -0.1) is 0 Å². The van der Waals surface area contributed by atoms with Crippen molar-refractivity contribution < 1.29 is 19.1 Å². The van der Waals surface area contributed by atoms with E-state index in [-0.39, 0.29) is 11.6 Å². The lowest BCUT2D eigenvalue weighted by Gasteiger charge is -2.17. The Morgan fingerprint density at radius 2 is 2.23 bits per heavy atom. The molecule has 0 radical (unpaired) electrons. The minimum atomic E-state index is -0.783. The van der Waals surface area contributed by atoms with Crippen LogP contribution in [0.15, 0.2) is 18.2 Å². The van der Waals surface area contributed by atoms with E-state index < -0.39 is 23.7 Å².